The Morgan fingerprint density at radius 3 is 2.38 bits per heavy atom. The Kier molecular flexibility index (Phi) is 5.08. The van der Waals surface area contributed by atoms with E-state index < -0.39 is 7.12 Å². The topological polar surface area (TPSA) is 68.2 Å². The maximum Gasteiger partial charge on any atom is 0.488 e. The smallest absolute Gasteiger partial charge is 0.488 e. The fourth-order valence-electron chi connectivity index (χ4n) is 1.90. The van der Waals surface area contributed by atoms with E-state index in [1.54, 1.807) is 38.5 Å². The van der Waals surface area contributed by atoms with Crippen LogP contribution in [0.25, 0.3) is 0 Å². The molecule has 2 rings (SSSR count). The molecule has 0 saturated heterocycles. The molecule has 0 aliphatic carbocycles. The second kappa shape index (κ2) is 7.01. The van der Waals surface area contributed by atoms with E-state index in [9.17, 15) is 0 Å². The van der Waals surface area contributed by atoms with Gasteiger partial charge >= 0.3 is 7.12 Å². The van der Waals surface area contributed by atoms with Gasteiger partial charge in [0, 0.05) is 0 Å². The fourth-order valence-corrected chi connectivity index (χ4v) is 1.90. The van der Waals surface area contributed by atoms with E-state index in [-0.39, 0.29) is 0 Å². The molecule has 2 aromatic rings. The molecule has 21 heavy (non-hydrogen) atoms. The van der Waals surface area contributed by atoms with Gasteiger partial charge in [0.2, 0.25) is 0 Å². The molecule has 0 radical (unpaired) electrons. The minimum absolute atomic E-state index is 0.339. The zero-order valence-electron chi connectivity index (χ0n) is 11.9. The Balaban J connectivity index is 2.07. The highest BCUT2D eigenvalue weighted by Gasteiger charge is 2.11. The molecular formula is C15H17BO5. The van der Waals surface area contributed by atoms with Crippen LogP contribution in [-0.4, -0.2) is 31.4 Å². The van der Waals surface area contributed by atoms with Crippen LogP contribution in [0, 0.1) is 0 Å². The summed E-state index contributed by atoms with van der Waals surface area (Å²) in [5.41, 5.74) is 1.31. The predicted molar refractivity (Wildman–Crippen MR) is 80.1 cm³/mol. The predicted octanol–water partition coefficient (Wildman–Crippen LogP) is 0.963. The van der Waals surface area contributed by atoms with Crippen molar-refractivity contribution in [2.75, 3.05) is 14.2 Å². The standard InChI is InChI=1S/C15H17BO5/c1-19-14-7-6-11(8-15(14)20-2)10-21-13-5-3-4-12(9-13)16(17)18/h3-9,17-18H,10H2,1-2H3. The Morgan fingerprint density at radius 2 is 1.71 bits per heavy atom. The van der Waals surface area contributed by atoms with E-state index >= 15 is 0 Å². The van der Waals surface area contributed by atoms with Gasteiger partial charge in [-0.05, 0) is 35.3 Å². The zero-order chi connectivity index (χ0) is 15.2. The van der Waals surface area contributed by atoms with Gasteiger partial charge in [0.25, 0.3) is 0 Å². The highest BCUT2D eigenvalue weighted by Crippen LogP contribution is 2.27. The molecular weight excluding hydrogens is 271 g/mol. The highest BCUT2D eigenvalue weighted by molar-refractivity contribution is 6.58. The van der Waals surface area contributed by atoms with Gasteiger partial charge in [-0.2, -0.15) is 0 Å². The monoisotopic (exact) mass is 288 g/mol. The van der Waals surface area contributed by atoms with Crippen LogP contribution in [0.1, 0.15) is 5.56 Å². The summed E-state index contributed by atoms with van der Waals surface area (Å²) >= 11 is 0. The van der Waals surface area contributed by atoms with Gasteiger partial charge in [-0.15, -0.1) is 0 Å². The molecule has 0 spiro atoms. The molecule has 5 nitrogen and oxygen atoms in total. The van der Waals surface area contributed by atoms with E-state index in [2.05, 4.69) is 0 Å². The lowest BCUT2D eigenvalue weighted by Crippen LogP contribution is -2.29. The third-order valence-electron chi connectivity index (χ3n) is 3.01. The SMILES string of the molecule is COc1ccc(COc2cccc(B(O)O)c2)cc1OC. The van der Waals surface area contributed by atoms with Crippen LogP contribution < -0.4 is 19.7 Å². The summed E-state index contributed by atoms with van der Waals surface area (Å²) in [5.74, 6) is 1.86. The molecule has 2 N–H and O–H groups in total. The first-order valence-corrected chi connectivity index (χ1v) is 6.44. The van der Waals surface area contributed by atoms with E-state index in [0.717, 1.165) is 5.56 Å². The Morgan fingerprint density at radius 1 is 0.952 bits per heavy atom. The van der Waals surface area contributed by atoms with Crippen molar-refractivity contribution < 1.29 is 24.3 Å². The maximum atomic E-state index is 9.13. The van der Waals surface area contributed by atoms with Crippen LogP contribution in [-0.2, 0) is 6.61 Å². The molecule has 0 atom stereocenters. The van der Waals surface area contributed by atoms with Gasteiger partial charge in [-0.25, -0.2) is 0 Å². The lowest BCUT2D eigenvalue weighted by molar-refractivity contribution is 0.304. The van der Waals surface area contributed by atoms with E-state index in [4.69, 9.17) is 24.3 Å². The Bertz CT molecular complexity index is 600. The number of hydrogen-bond acceptors (Lipinski definition) is 5. The molecule has 0 heterocycles. The summed E-state index contributed by atoms with van der Waals surface area (Å²) in [6.45, 7) is 0.339. The van der Waals surface area contributed by atoms with Crippen molar-refractivity contribution >= 4 is 12.6 Å². The first-order valence-electron chi connectivity index (χ1n) is 6.44. The summed E-state index contributed by atoms with van der Waals surface area (Å²) in [6, 6.07) is 12.2. The summed E-state index contributed by atoms with van der Waals surface area (Å²) in [7, 11) is 1.66. The minimum Gasteiger partial charge on any atom is -0.493 e. The molecule has 0 amide bonds. The van der Waals surface area contributed by atoms with Gasteiger partial charge in [0.1, 0.15) is 12.4 Å². The number of ether oxygens (including phenoxy) is 3. The van der Waals surface area contributed by atoms with Crippen molar-refractivity contribution in [2.24, 2.45) is 0 Å². The molecule has 110 valence electrons. The molecule has 6 heteroatoms. The molecule has 0 aromatic heterocycles. The van der Waals surface area contributed by atoms with Gasteiger partial charge in [-0.3, -0.25) is 0 Å². The minimum atomic E-state index is -1.50. The van der Waals surface area contributed by atoms with E-state index in [0.29, 0.717) is 29.3 Å². The molecule has 0 aliphatic heterocycles. The first kappa shape index (κ1) is 15.2. The van der Waals surface area contributed by atoms with Crippen molar-refractivity contribution in [3.8, 4) is 17.2 Å². The quantitative estimate of drug-likeness (QED) is 0.775. The van der Waals surface area contributed by atoms with Crippen molar-refractivity contribution in [1.29, 1.82) is 0 Å². The Hall–Kier alpha value is -2.18. The average Bonchev–Trinajstić information content (AvgIpc) is 2.52. The number of rotatable bonds is 6. The lowest BCUT2D eigenvalue weighted by atomic mass is 9.80. The van der Waals surface area contributed by atoms with Crippen molar-refractivity contribution in [1.82, 2.24) is 0 Å². The van der Waals surface area contributed by atoms with E-state index in [1.807, 2.05) is 18.2 Å². The number of methoxy groups -OCH3 is 2. The molecule has 0 aliphatic rings. The third-order valence-corrected chi connectivity index (χ3v) is 3.01. The van der Waals surface area contributed by atoms with Gasteiger partial charge in [0.05, 0.1) is 14.2 Å². The second-order valence-electron chi connectivity index (χ2n) is 4.42. The second-order valence-corrected chi connectivity index (χ2v) is 4.42. The van der Waals surface area contributed by atoms with Crippen LogP contribution in [0.3, 0.4) is 0 Å². The largest absolute Gasteiger partial charge is 0.493 e. The van der Waals surface area contributed by atoms with Crippen LogP contribution in [0.4, 0.5) is 0 Å². The maximum absolute atomic E-state index is 9.13. The number of hydrogen-bond donors (Lipinski definition) is 2. The van der Waals surface area contributed by atoms with Crippen LogP contribution in [0.2, 0.25) is 0 Å². The van der Waals surface area contributed by atoms with Crippen LogP contribution in [0.5, 0.6) is 17.2 Å². The van der Waals surface area contributed by atoms with Crippen LogP contribution in [0.15, 0.2) is 42.5 Å². The summed E-state index contributed by atoms with van der Waals surface area (Å²) in [6.07, 6.45) is 0. The molecule has 0 bridgehead atoms. The van der Waals surface area contributed by atoms with Gasteiger partial charge in [0.15, 0.2) is 11.5 Å². The van der Waals surface area contributed by atoms with Gasteiger partial charge < -0.3 is 24.3 Å². The molecule has 0 fully saturated rings. The fraction of sp³-hybridized carbons (Fsp3) is 0.200. The molecule has 2 aromatic carbocycles. The third kappa shape index (κ3) is 3.90. The normalized spacial score (nSPS) is 10.1. The van der Waals surface area contributed by atoms with Gasteiger partial charge in [-0.1, -0.05) is 18.2 Å². The first-order chi connectivity index (χ1) is 10.1. The Labute approximate surface area is 123 Å². The lowest BCUT2D eigenvalue weighted by Gasteiger charge is -2.11. The molecule has 0 unspecified atom stereocenters. The highest BCUT2D eigenvalue weighted by atomic mass is 16.5. The van der Waals surface area contributed by atoms with Crippen molar-refractivity contribution in [2.45, 2.75) is 6.61 Å². The van der Waals surface area contributed by atoms with Crippen LogP contribution >= 0.6 is 0 Å². The zero-order valence-corrected chi connectivity index (χ0v) is 11.9. The number of benzene rings is 2. The summed E-state index contributed by atoms with van der Waals surface area (Å²) < 4.78 is 16.0. The molecule has 0 saturated carbocycles. The van der Waals surface area contributed by atoms with E-state index in [1.165, 1.54) is 0 Å². The summed E-state index contributed by atoms with van der Waals surface area (Å²) in [5, 5.41) is 18.3. The van der Waals surface area contributed by atoms with Crippen molar-refractivity contribution in [3.63, 3.8) is 0 Å². The average molecular weight is 288 g/mol. The summed E-state index contributed by atoms with van der Waals surface area (Å²) in [4.78, 5) is 0. The van der Waals surface area contributed by atoms with Crippen molar-refractivity contribution in [3.05, 3.63) is 48.0 Å².